The Kier molecular flexibility index (Phi) is 3.43. The standard InChI is InChI=1S/C14H21NO4/c1-14(2,19)7-15(3)12(16)10-8-4-5-9(6-8)11(10)13(17)18/h4-5,8-11,19H,6-7H2,1-3H3,(H,17,18)/t8?,9?,10-,11+/m0/s1. The SMILES string of the molecule is CN(CC(C)(C)O)C(=O)[C@H]1C2C=CC(C2)[C@H]1C(=O)O. The molecule has 2 rings (SSSR count). The predicted molar refractivity (Wildman–Crippen MR) is 69.3 cm³/mol. The number of carbonyl (C=O) groups is 2. The van der Waals surface area contributed by atoms with Crippen LogP contribution in [0.25, 0.3) is 0 Å². The highest BCUT2D eigenvalue weighted by Crippen LogP contribution is 2.48. The molecule has 2 aliphatic carbocycles. The molecule has 1 fully saturated rings. The highest BCUT2D eigenvalue weighted by Gasteiger charge is 2.52. The summed E-state index contributed by atoms with van der Waals surface area (Å²) in [6, 6.07) is 0. The van der Waals surface area contributed by atoms with Crippen molar-refractivity contribution >= 4 is 11.9 Å². The number of rotatable bonds is 4. The Bertz CT molecular complexity index is 424. The van der Waals surface area contributed by atoms with Crippen LogP contribution in [-0.2, 0) is 9.59 Å². The molecule has 106 valence electrons. The van der Waals surface area contributed by atoms with Gasteiger partial charge in [-0.3, -0.25) is 9.59 Å². The molecule has 5 nitrogen and oxygen atoms in total. The van der Waals surface area contributed by atoms with Gasteiger partial charge in [0.2, 0.25) is 5.91 Å². The van der Waals surface area contributed by atoms with Gasteiger partial charge in [0.1, 0.15) is 0 Å². The Balaban J connectivity index is 2.14. The zero-order valence-electron chi connectivity index (χ0n) is 11.5. The van der Waals surface area contributed by atoms with Crippen LogP contribution in [0.15, 0.2) is 12.2 Å². The normalized spacial score (nSPS) is 32.6. The Morgan fingerprint density at radius 1 is 1.26 bits per heavy atom. The van der Waals surface area contributed by atoms with E-state index in [1.54, 1.807) is 20.9 Å². The number of nitrogens with zero attached hydrogens (tertiary/aromatic N) is 1. The molecular formula is C14H21NO4. The average molecular weight is 267 g/mol. The molecule has 0 saturated heterocycles. The van der Waals surface area contributed by atoms with Crippen molar-refractivity contribution in [3.63, 3.8) is 0 Å². The van der Waals surface area contributed by atoms with E-state index in [-0.39, 0.29) is 24.3 Å². The number of carbonyl (C=O) groups excluding carboxylic acids is 1. The monoisotopic (exact) mass is 267 g/mol. The van der Waals surface area contributed by atoms with E-state index in [1.807, 2.05) is 12.2 Å². The summed E-state index contributed by atoms with van der Waals surface area (Å²) in [7, 11) is 1.62. The smallest absolute Gasteiger partial charge is 0.307 e. The summed E-state index contributed by atoms with van der Waals surface area (Å²) in [6.07, 6.45) is 4.64. The van der Waals surface area contributed by atoms with Gasteiger partial charge in [0.05, 0.1) is 17.4 Å². The van der Waals surface area contributed by atoms with Gasteiger partial charge in [-0.1, -0.05) is 12.2 Å². The second-order valence-electron chi connectivity index (χ2n) is 6.34. The van der Waals surface area contributed by atoms with E-state index in [0.717, 1.165) is 6.42 Å². The minimum Gasteiger partial charge on any atom is -0.481 e. The lowest BCUT2D eigenvalue weighted by molar-refractivity contribution is -0.151. The summed E-state index contributed by atoms with van der Waals surface area (Å²) >= 11 is 0. The minimum atomic E-state index is -0.976. The zero-order chi connectivity index (χ0) is 14.4. The highest BCUT2D eigenvalue weighted by molar-refractivity contribution is 5.86. The molecule has 19 heavy (non-hydrogen) atoms. The Morgan fingerprint density at radius 2 is 1.79 bits per heavy atom. The lowest BCUT2D eigenvalue weighted by atomic mass is 9.82. The van der Waals surface area contributed by atoms with Gasteiger partial charge in [0.25, 0.3) is 0 Å². The third-order valence-corrected chi connectivity index (χ3v) is 4.03. The van der Waals surface area contributed by atoms with Crippen molar-refractivity contribution in [3.8, 4) is 0 Å². The zero-order valence-corrected chi connectivity index (χ0v) is 11.5. The number of allylic oxidation sites excluding steroid dienone is 2. The van der Waals surface area contributed by atoms with Gasteiger partial charge in [-0.05, 0) is 32.1 Å². The fourth-order valence-electron chi connectivity index (χ4n) is 3.41. The van der Waals surface area contributed by atoms with Crippen molar-refractivity contribution < 1.29 is 19.8 Å². The summed E-state index contributed by atoms with van der Waals surface area (Å²) in [5.41, 5.74) is -0.976. The van der Waals surface area contributed by atoms with E-state index in [9.17, 15) is 19.8 Å². The maximum absolute atomic E-state index is 12.4. The van der Waals surface area contributed by atoms with Gasteiger partial charge in [-0.15, -0.1) is 0 Å². The van der Waals surface area contributed by atoms with Crippen molar-refractivity contribution in [1.29, 1.82) is 0 Å². The molecule has 1 amide bonds. The van der Waals surface area contributed by atoms with E-state index in [2.05, 4.69) is 0 Å². The molecule has 0 aromatic carbocycles. The van der Waals surface area contributed by atoms with Gasteiger partial charge < -0.3 is 15.1 Å². The van der Waals surface area contributed by atoms with Crippen LogP contribution in [0.3, 0.4) is 0 Å². The first-order valence-corrected chi connectivity index (χ1v) is 6.59. The summed E-state index contributed by atoms with van der Waals surface area (Å²) in [4.78, 5) is 25.3. The maximum Gasteiger partial charge on any atom is 0.307 e. The molecule has 0 spiro atoms. The van der Waals surface area contributed by atoms with Gasteiger partial charge in [0, 0.05) is 13.6 Å². The third-order valence-electron chi connectivity index (χ3n) is 4.03. The number of amides is 1. The van der Waals surface area contributed by atoms with Gasteiger partial charge in [-0.2, -0.15) is 0 Å². The van der Waals surface area contributed by atoms with E-state index in [1.165, 1.54) is 4.90 Å². The first-order valence-electron chi connectivity index (χ1n) is 6.59. The Hall–Kier alpha value is -1.36. The van der Waals surface area contributed by atoms with Crippen LogP contribution in [0, 0.1) is 23.7 Å². The Morgan fingerprint density at radius 3 is 2.26 bits per heavy atom. The van der Waals surface area contributed by atoms with E-state index >= 15 is 0 Å². The average Bonchev–Trinajstić information content (AvgIpc) is 2.84. The molecule has 2 aliphatic rings. The molecule has 5 heteroatoms. The van der Waals surface area contributed by atoms with Crippen LogP contribution < -0.4 is 0 Å². The minimum absolute atomic E-state index is 0.0213. The molecule has 0 aliphatic heterocycles. The second kappa shape index (κ2) is 4.63. The summed E-state index contributed by atoms with van der Waals surface area (Å²) in [5, 5.41) is 19.1. The maximum atomic E-state index is 12.4. The lowest BCUT2D eigenvalue weighted by Gasteiger charge is -2.31. The third kappa shape index (κ3) is 2.66. The molecular weight excluding hydrogens is 246 g/mol. The molecule has 1 saturated carbocycles. The van der Waals surface area contributed by atoms with Gasteiger partial charge in [-0.25, -0.2) is 0 Å². The molecule has 0 aromatic rings. The number of hydrogen-bond donors (Lipinski definition) is 2. The van der Waals surface area contributed by atoms with Gasteiger partial charge >= 0.3 is 5.97 Å². The molecule has 0 aromatic heterocycles. The fraction of sp³-hybridized carbons (Fsp3) is 0.714. The molecule has 0 radical (unpaired) electrons. The van der Waals surface area contributed by atoms with E-state index < -0.39 is 23.4 Å². The van der Waals surface area contributed by atoms with Crippen molar-refractivity contribution in [3.05, 3.63) is 12.2 Å². The van der Waals surface area contributed by atoms with Crippen molar-refractivity contribution in [1.82, 2.24) is 4.90 Å². The topological polar surface area (TPSA) is 77.8 Å². The summed E-state index contributed by atoms with van der Waals surface area (Å²) < 4.78 is 0. The fourth-order valence-corrected chi connectivity index (χ4v) is 3.41. The number of aliphatic hydroxyl groups is 1. The number of aliphatic carboxylic acids is 1. The molecule has 2 N–H and O–H groups in total. The van der Waals surface area contributed by atoms with Gasteiger partial charge in [0.15, 0.2) is 0 Å². The quantitative estimate of drug-likeness (QED) is 0.736. The first kappa shape index (κ1) is 14.1. The molecule has 2 unspecified atom stereocenters. The molecule has 0 heterocycles. The van der Waals surface area contributed by atoms with Crippen LogP contribution in [0.2, 0.25) is 0 Å². The van der Waals surface area contributed by atoms with Crippen LogP contribution in [0.5, 0.6) is 0 Å². The number of fused-ring (bicyclic) bond motifs is 2. The predicted octanol–water partition coefficient (Wildman–Crippen LogP) is 0.739. The summed E-state index contributed by atoms with van der Waals surface area (Å²) in [5.74, 6) is -2.17. The lowest BCUT2D eigenvalue weighted by Crippen LogP contribution is -2.46. The van der Waals surface area contributed by atoms with Crippen molar-refractivity contribution in [2.24, 2.45) is 23.7 Å². The van der Waals surface area contributed by atoms with Crippen LogP contribution in [0.4, 0.5) is 0 Å². The van der Waals surface area contributed by atoms with Crippen molar-refractivity contribution in [2.75, 3.05) is 13.6 Å². The number of carboxylic acids is 1. The molecule has 4 atom stereocenters. The van der Waals surface area contributed by atoms with Crippen LogP contribution in [0.1, 0.15) is 20.3 Å². The number of carboxylic acid groups (broad SMARTS) is 1. The van der Waals surface area contributed by atoms with E-state index in [0.29, 0.717) is 0 Å². The first-order chi connectivity index (χ1) is 8.70. The van der Waals surface area contributed by atoms with Crippen LogP contribution in [-0.4, -0.2) is 46.2 Å². The molecule has 2 bridgehead atoms. The highest BCUT2D eigenvalue weighted by atomic mass is 16.4. The number of likely N-dealkylation sites (N-methyl/N-ethyl adjacent to an activating group) is 1. The van der Waals surface area contributed by atoms with Crippen molar-refractivity contribution in [2.45, 2.75) is 25.9 Å². The largest absolute Gasteiger partial charge is 0.481 e. The Labute approximate surface area is 112 Å². The van der Waals surface area contributed by atoms with Crippen LogP contribution >= 0.6 is 0 Å². The van der Waals surface area contributed by atoms with E-state index in [4.69, 9.17) is 0 Å². The number of hydrogen-bond acceptors (Lipinski definition) is 3. The second-order valence-corrected chi connectivity index (χ2v) is 6.34. The summed E-state index contributed by atoms with van der Waals surface area (Å²) in [6.45, 7) is 3.47.